The number of piperidine rings is 1. The summed E-state index contributed by atoms with van der Waals surface area (Å²) in [7, 11) is 0. The van der Waals surface area contributed by atoms with Crippen molar-refractivity contribution < 1.29 is 4.79 Å². The van der Waals surface area contributed by atoms with Crippen LogP contribution in [0.3, 0.4) is 0 Å². The number of hydrogen-bond donors (Lipinski definition) is 1. The molecule has 2 aromatic carbocycles. The summed E-state index contributed by atoms with van der Waals surface area (Å²) in [5, 5.41) is 0. The van der Waals surface area contributed by atoms with Crippen LogP contribution in [-0.4, -0.2) is 33.9 Å². The number of benzene rings is 2. The molecule has 4 rings (SSSR count). The van der Waals surface area contributed by atoms with Crippen LogP contribution < -0.4 is 0 Å². The van der Waals surface area contributed by atoms with Crippen LogP contribution in [0.2, 0.25) is 0 Å². The molecule has 0 spiro atoms. The Bertz CT molecular complexity index is 887. The number of para-hydroxylation sites is 2. The third-order valence-corrected chi connectivity index (χ3v) is 5.84. The van der Waals surface area contributed by atoms with Gasteiger partial charge in [0.2, 0.25) is 5.91 Å². The van der Waals surface area contributed by atoms with Gasteiger partial charge in [0.15, 0.2) is 0 Å². The number of carbonyl (C=O) groups is 1. The zero-order chi connectivity index (χ0) is 19.3. The Balaban J connectivity index is 1.31. The van der Waals surface area contributed by atoms with Gasteiger partial charge in [-0.3, -0.25) is 4.79 Å². The van der Waals surface area contributed by atoms with Crippen molar-refractivity contribution in [3.8, 4) is 0 Å². The van der Waals surface area contributed by atoms with Crippen molar-refractivity contribution in [2.45, 2.75) is 51.4 Å². The highest BCUT2D eigenvalue weighted by Crippen LogP contribution is 2.28. The topological polar surface area (TPSA) is 49.0 Å². The number of likely N-dealkylation sites (tertiary alicyclic amines) is 1. The quantitative estimate of drug-likeness (QED) is 0.669. The zero-order valence-corrected chi connectivity index (χ0v) is 16.7. The molecule has 2 heterocycles. The molecule has 1 saturated heterocycles. The first-order chi connectivity index (χ1) is 13.7. The number of amides is 1. The molecule has 0 aliphatic carbocycles. The maximum absolute atomic E-state index is 12.7. The summed E-state index contributed by atoms with van der Waals surface area (Å²) in [6, 6.07) is 16.7. The highest BCUT2D eigenvalue weighted by Gasteiger charge is 2.25. The summed E-state index contributed by atoms with van der Waals surface area (Å²) >= 11 is 0. The predicted octanol–water partition coefficient (Wildman–Crippen LogP) is 4.85. The Morgan fingerprint density at radius 1 is 1.07 bits per heavy atom. The summed E-state index contributed by atoms with van der Waals surface area (Å²) < 4.78 is 0. The third kappa shape index (κ3) is 4.27. The lowest BCUT2D eigenvalue weighted by molar-refractivity contribution is -0.131. The fourth-order valence-electron chi connectivity index (χ4n) is 4.06. The molecular formula is C24H29N3O. The van der Waals surface area contributed by atoms with Gasteiger partial charge in [-0.2, -0.15) is 0 Å². The van der Waals surface area contributed by atoms with Gasteiger partial charge in [0.1, 0.15) is 5.82 Å². The summed E-state index contributed by atoms with van der Waals surface area (Å²) in [6.07, 6.45) is 6.01. The van der Waals surface area contributed by atoms with Gasteiger partial charge in [-0.1, -0.05) is 49.7 Å². The van der Waals surface area contributed by atoms with E-state index in [1.165, 1.54) is 18.4 Å². The Morgan fingerprint density at radius 2 is 1.79 bits per heavy atom. The van der Waals surface area contributed by atoms with Gasteiger partial charge in [-0.25, -0.2) is 4.98 Å². The second-order valence-electron chi connectivity index (χ2n) is 7.89. The Labute approximate surface area is 167 Å². The minimum atomic E-state index is 0.240. The first-order valence-electron chi connectivity index (χ1n) is 10.5. The number of rotatable bonds is 6. The summed E-state index contributed by atoms with van der Waals surface area (Å²) in [5.41, 5.74) is 4.60. The maximum Gasteiger partial charge on any atom is 0.226 e. The maximum atomic E-state index is 12.7. The normalized spacial score (nSPS) is 15.2. The molecule has 146 valence electrons. The number of hydrogen-bond acceptors (Lipinski definition) is 2. The van der Waals surface area contributed by atoms with Crippen molar-refractivity contribution >= 4 is 16.9 Å². The minimum Gasteiger partial charge on any atom is -0.342 e. The van der Waals surface area contributed by atoms with Crippen molar-refractivity contribution in [2.75, 3.05) is 13.1 Å². The van der Waals surface area contributed by atoms with Crippen molar-refractivity contribution in [3.05, 3.63) is 65.5 Å². The van der Waals surface area contributed by atoms with Gasteiger partial charge in [-0.05, 0) is 48.9 Å². The molecule has 3 aromatic rings. The van der Waals surface area contributed by atoms with E-state index in [0.29, 0.717) is 12.3 Å². The standard InChI is InChI=1S/C24H29N3O/c1-2-3-6-18-9-11-19(12-10-18)17-23(28)27-15-13-20(14-16-27)24-25-21-7-4-5-8-22(21)26-24/h4-5,7-12,20H,2-3,6,13-17H2,1H3,(H,25,26). The van der Waals surface area contributed by atoms with Crippen LogP contribution in [0.4, 0.5) is 0 Å². The van der Waals surface area contributed by atoms with Crippen LogP contribution >= 0.6 is 0 Å². The molecule has 4 nitrogen and oxygen atoms in total. The molecule has 0 saturated carbocycles. The molecule has 1 aromatic heterocycles. The van der Waals surface area contributed by atoms with E-state index in [1.807, 2.05) is 23.1 Å². The molecule has 0 radical (unpaired) electrons. The lowest BCUT2D eigenvalue weighted by Crippen LogP contribution is -2.39. The minimum absolute atomic E-state index is 0.240. The second kappa shape index (κ2) is 8.59. The van der Waals surface area contributed by atoms with E-state index in [9.17, 15) is 4.79 Å². The lowest BCUT2D eigenvalue weighted by Gasteiger charge is -2.31. The van der Waals surface area contributed by atoms with Gasteiger partial charge in [-0.15, -0.1) is 0 Å². The van der Waals surface area contributed by atoms with Gasteiger partial charge in [0.05, 0.1) is 17.5 Å². The first kappa shape index (κ1) is 18.7. The number of nitrogens with zero attached hydrogens (tertiary/aromatic N) is 2. The van der Waals surface area contributed by atoms with Gasteiger partial charge in [0.25, 0.3) is 0 Å². The third-order valence-electron chi connectivity index (χ3n) is 5.84. The number of imidazole rings is 1. The van der Waals surface area contributed by atoms with Gasteiger partial charge < -0.3 is 9.88 Å². The molecule has 1 aliphatic heterocycles. The smallest absolute Gasteiger partial charge is 0.226 e. The van der Waals surface area contributed by atoms with Crippen molar-refractivity contribution in [3.63, 3.8) is 0 Å². The molecule has 1 aliphatic rings. The molecule has 0 bridgehead atoms. The van der Waals surface area contributed by atoms with E-state index >= 15 is 0 Å². The van der Waals surface area contributed by atoms with Gasteiger partial charge in [0, 0.05) is 19.0 Å². The number of carbonyl (C=O) groups excluding carboxylic acids is 1. The molecule has 0 atom stereocenters. The molecule has 4 heteroatoms. The number of unbranched alkanes of at least 4 members (excludes halogenated alkanes) is 1. The molecule has 1 N–H and O–H groups in total. The molecule has 28 heavy (non-hydrogen) atoms. The average Bonchev–Trinajstić information content (AvgIpc) is 3.18. The second-order valence-corrected chi connectivity index (χ2v) is 7.89. The average molecular weight is 376 g/mol. The molecule has 1 fully saturated rings. The summed E-state index contributed by atoms with van der Waals surface area (Å²) in [4.78, 5) is 22.9. The molecule has 0 unspecified atom stereocenters. The van der Waals surface area contributed by atoms with E-state index in [0.717, 1.165) is 54.8 Å². The van der Waals surface area contributed by atoms with Crippen LogP contribution in [0.5, 0.6) is 0 Å². The Kier molecular flexibility index (Phi) is 5.75. The Hall–Kier alpha value is -2.62. The van der Waals surface area contributed by atoms with E-state index < -0.39 is 0 Å². The fraction of sp³-hybridized carbons (Fsp3) is 0.417. The van der Waals surface area contributed by atoms with Crippen LogP contribution in [-0.2, 0) is 17.6 Å². The van der Waals surface area contributed by atoms with Crippen LogP contribution in [0.1, 0.15) is 55.5 Å². The first-order valence-corrected chi connectivity index (χ1v) is 10.5. The zero-order valence-electron chi connectivity index (χ0n) is 16.7. The number of aromatic amines is 1. The SMILES string of the molecule is CCCCc1ccc(CC(=O)N2CCC(c3nc4ccccc4[nH]3)CC2)cc1. The van der Waals surface area contributed by atoms with Crippen molar-refractivity contribution in [1.29, 1.82) is 0 Å². The highest BCUT2D eigenvalue weighted by atomic mass is 16.2. The Morgan fingerprint density at radius 3 is 2.50 bits per heavy atom. The summed E-state index contributed by atoms with van der Waals surface area (Å²) in [6.45, 7) is 3.84. The number of aryl methyl sites for hydroxylation is 1. The predicted molar refractivity (Wildman–Crippen MR) is 113 cm³/mol. The largest absolute Gasteiger partial charge is 0.342 e. The fourth-order valence-corrected chi connectivity index (χ4v) is 4.06. The van der Waals surface area contributed by atoms with E-state index in [4.69, 9.17) is 4.98 Å². The van der Waals surface area contributed by atoms with E-state index in [2.05, 4.69) is 42.2 Å². The number of aromatic nitrogens is 2. The van der Waals surface area contributed by atoms with Crippen molar-refractivity contribution in [2.24, 2.45) is 0 Å². The number of nitrogens with one attached hydrogen (secondary N) is 1. The van der Waals surface area contributed by atoms with E-state index in [1.54, 1.807) is 0 Å². The van der Waals surface area contributed by atoms with Crippen LogP contribution in [0, 0.1) is 0 Å². The molecular weight excluding hydrogens is 346 g/mol. The number of fused-ring (bicyclic) bond motifs is 1. The monoisotopic (exact) mass is 375 g/mol. The van der Waals surface area contributed by atoms with Gasteiger partial charge >= 0.3 is 0 Å². The molecule has 1 amide bonds. The van der Waals surface area contributed by atoms with Crippen LogP contribution in [0.15, 0.2) is 48.5 Å². The lowest BCUT2D eigenvalue weighted by atomic mass is 9.95. The van der Waals surface area contributed by atoms with Crippen molar-refractivity contribution in [1.82, 2.24) is 14.9 Å². The highest BCUT2D eigenvalue weighted by molar-refractivity contribution is 5.79. The summed E-state index contributed by atoms with van der Waals surface area (Å²) in [5.74, 6) is 1.72. The van der Waals surface area contributed by atoms with E-state index in [-0.39, 0.29) is 5.91 Å². The van der Waals surface area contributed by atoms with Crippen LogP contribution in [0.25, 0.3) is 11.0 Å². The number of H-pyrrole nitrogens is 1.